The van der Waals surface area contributed by atoms with Crippen LogP contribution < -0.4 is 0 Å². The lowest BCUT2D eigenvalue weighted by molar-refractivity contribution is 0.175. The molecule has 0 bridgehead atoms. The molecule has 0 aromatic heterocycles. The second-order valence-corrected chi connectivity index (χ2v) is 14.4. The summed E-state index contributed by atoms with van der Waals surface area (Å²) in [4.78, 5) is 4.42. The highest BCUT2D eigenvalue weighted by Gasteiger charge is 2.35. The van der Waals surface area contributed by atoms with Gasteiger partial charge in [-0.15, -0.1) is 0 Å². The minimum absolute atomic E-state index is 0.412. The molecule has 6 heteroatoms. The van der Waals surface area contributed by atoms with Crippen molar-refractivity contribution in [3.05, 3.63) is 0 Å². The van der Waals surface area contributed by atoms with Crippen molar-refractivity contribution in [1.29, 1.82) is 0 Å². The maximum Gasteiger partial charge on any atom is 0.334 e. The van der Waals surface area contributed by atoms with Crippen molar-refractivity contribution < 1.29 is 8.85 Å². The molecule has 4 nitrogen and oxygen atoms in total. The summed E-state index contributed by atoms with van der Waals surface area (Å²) in [6, 6.07) is 1.47. The monoisotopic (exact) mass is 288 g/mol. The lowest BCUT2D eigenvalue weighted by Gasteiger charge is -2.36. The van der Waals surface area contributed by atoms with E-state index in [1.54, 1.807) is 7.11 Å². The summed E-state index contributed by atoms with van der Waals surface area (Å²) in [5.74, 6) is 0. The van der Waals surface area contributed by atoms with E-state index in [4.69, 9.17) is 8.85 Å². The molecule has 0 aromatic carbocycles. The second kappa shape index (κ2) is 6.32. The van der Waals surface area contributed by atoms with E-state index in [9.17, 15) is 0 Å². The van der Waals surface area contributed by atoms with Gasteiger partial charge in [-0.3, -0.25) is 4.99 Å². The summed E-state index contributed by atoms with van der Waals surface area (Å²) in [5, 5.41) is 0. The first-order chi connectivity index (χ1) is 8.32. The van der Waals surface area contributed by atoms with Crippen LogP contribution in [0, 0.1) is 0 Å². The van der Waals surface area contributed by atoms with Crippen molar-refractivity contribution in [3.8, 4) is 0 Å². The molecular weight excluding hydrogens is 260 g/mol. The Bertz CT molecular complexity index is 294. The largest absolute Gasteiger partial charge is 0.398 e. The van der Waals surface area contributed by atoms with Crippen molar-refractivity contribution in [1.82, 2.24) is 4.57 Å². The highest BCUT2D eigenvalue weighted by atomic mass is 28.4. The zero-order valence-corrected chi connectivity index (χ0v) is 14.7. The predicted molar refractivity (Wildman–Crippen MR) is 82.0 cm³/mol. The van der Waals surface area contributed by atoms with E-state index in [1.165, 1.54) is 0 Å². The third kappa shape index (κ3) is 4.19. The van der Waals surface area contributed by atoms with E-state index in [0.29, 0.717) is 6.04 Å². The van der Waals surface area contributed by atoms with Gasteiger partial charge in [0.25, 0.3) is 0 Å². The van der Waals surface area contributed by atoms with Crippen LogP contribution in [0.4, 0.5) is 0 Å². The molecule has 0 fully saturated rings. The lowest BCUT2D eigenvalue weighted by atomic mass is 10.3. The molecule has 0 saturated heterocycles. The van der Waals surface area contributed by atoms with Crippen LogP contribution in [0.15, 0.2) is 4.99 Å². The molecule has 0 saturated carbocycles. The normalized spacial score (nSPS) is 23.4. The van der Waals surface area contributed by atoms with Crippen molar-refractivity contribution in [2.45, 2.75) is 51.6 Å². The van der Waals surface area contributed by atoms with E-state index < -0.39 is 16.8 Å². The van der Waals surface area contributed by atoms with Gasteiger partial charge in [-0.2, -0.15) is 0 Å². The number of rotatable bonds is 7. The quantitative estimate of drug-likeness (QED) is 0.676. The topological polar surface area (TPSA) is 34.1 Å². The van der Waals surface area contributed by atoms with E-state index in [0.717, 1.165) is 25.6 Å². The molecule has 0 aromatic rings. The standard InChI is InChI=1S/C12H28N2O2Si2/c1-7-8-18(6,15-2)16-10-12-9-13-11-14(12)17(3,4)5/h11-12H,7-10H2,1-6H3. The Labute approximate surface area is 114 Å². The Morgan fingerprint density at radius 2 is 2.00 bits per heavy atom. The van der Waals surface area contributed by atoms with E-state index in [2.05, 4.69) is 42.7 Å². The van der Waals surface area contributed by atoms with Gasteiger partial charge in [-0.1, -0.05) is 33.0 Å². The third-order valence-electron chi connectivity index (χ3n) is 3.41. The Kier molecular flexibility index (Phi) is 5.57. The molecule has 0 radical (unpaired) electrons. The molecule has 1 rings (SSSR count). The van der Waals surface area contributed by atoms with Crippen LogP contribution in [0.1, 0.15) is 13.3 Å². The van der Waals surface area contributed by atoms with Gasteiger partial charge in [0.05, 0.1) is 25.5 Å². The summed E-state index contributed by atoms with van der Waals surface area (Å²) < 4.78 is 14.2. The van der Waals surface area contributed by atoms with Crippen LogP contribution in [-0.4, -0.2) is 54.0 Å². The SMILES string of the molecule is CCC[Si](C)(OC)OCC1CN=CN1[Si](C)(C)C. The number of hydrogen-bond donors (Lipinski definition) is 0. The Morgan fingerprint density at radius 1 is 1.33 bits per heavy atom. The molecular formula is C12H28N2O2Si2. The highest BCUT2D eigenvalue weighted by Crippen LogP contribution is 2.20. The molecule has 1 aliphatic rings. The molecule has 2 atom stereocenters. The van der Waals surface area contributed by atoms with Crippen LogP contribution in [0.2, 0.25) is 32.2 Å². The summed E-state index contributed by atoms with van der Waals surface area (Å²) in [5.41, 5.74) is 0. The maximum atomic E-state index is 6.15. The van der Waals surface area contributed by atoms with Gasteiger partial charge >= 0.3 is 8.56 Å². The van der Waals surface area contributed by atoms with Gasteiger partial charge in [0, 0.05) is 7.11 Å². The van der Waals surface area contributed by atoms with Gasteiger partial charge in [0.2, 0.25) is 0 Å². The Morgan fingerprint density at radius 3 is 2.50 bits per heavy atom. The van der Waals surface area contributed by atoms with Crippen LogP contribution in [0.5, 0.6) is 0 Å². The minimum Gasteiger partial charge on any atom is -0.398 e. The first-order valence-electron chi connectivity index (χ1n) is 6.80. The van der Waals surface area contributed by atoms with Crippen LogP contribution in [0.25, 0.3) is 0 Å². The predicted octanol–water partition coefficient (Wildman–Crippen LogP) is 2.68. The summed E-state index contributed by atoms with van der Waals surface area (Å²) in [7, 11) is -1.50. The molecule has 0 spiro atoms. The van der Waals surface area contributed by atoms with Crippen molar-refractivity contribution >= 4 is 23.1 Å². The van der Waals surface area contributed by atoms with Crippen molar-refractivity contribution in [2.75, 3.05) is 20.3 Å². The highest BCUT2D eigenvalue weighted by molar-refractivity contribution is 6.75. The molecule has 0 N–H and O–H groups in total. The molecule has 1 aliphatic heterocycles. The Hall–Kier alpha value is -0.176. The fourth-order valence-corrected chi connectivity index (χ4v) is 5.85. The van der Waals surface area contributed by atoms with Gasteiger partial charge in [-0.25, -0.2) is 0 Å². The fraction of sp³-hybridized carbons (Fsp3) is 0.917. The van der Waals surface area contributed by atoms with Gasteiger partial charge in [0.1, 0.15) is 8.24 Å². The van der Waals surface area contributed by atoms with Crippen molar-refractivity contribution in [2.24, 2.45) is 4.99 Å². The van der Waals surface area contributed by atoms with Crippen LogP contribution in [0.3, 0.4) is 0 Å². The Balaban J connectivity index is 2.53. The van der Waals surface area contributed by atoms with Gasteiger partial charge in [-0.05, 0) is 12.6 Å². The van der Waals surface area contributed by atoms with Gasteiger partial charge in [0.15, 0.2) is 0 Å². The summed E-state index contributed by atoms with van der Waals surface area (Å²) >= 11 is 0. The molecule has 2 unspecified atom stereocenters. The molecule has 106 valence electrons. The average Bonchev–Trinajstić information content (AvgIpc) is 2.75. The fourth-order valence-electron chi connectivity index (χ4n) is 2.25. The minimum atomic E-state index is -1.95. The summed E-state index contributed by atoms with van der Waals surface area (Å²) in [6.45, 7) is 13.0. The molecule has 1 heterocycles. The van der Waals surface area contributed by atoms with E-state index in [-0.39, 0.29) is 0 Å². The zero-order chi connectivity index (χ0) is 13.8. The van der Waals surface area contributed by atoms with E-state index in [1.807, 2.05) is 6.34 Å². The first kappa shape index (κ1) is 15.9. The average molecular weight is 289 g/mol. The second-order valence-electron chi connectivity index (χ2n) is 6.11. The number of nitrogens with zero attached hydrogens (tertiary/aromatic N) is 2. The van der Waals surface area contributed by atoms with Crippen LogP contribution >= 0.6 is 0 Å². The molecule has 0 aliphatic carbocycles. The number of hydrogen-bond acceptors (Lipinski definition) is 4. The van der Waals surface area contributed by atoms with E-state index >= 15 is 0 Å². The van der Waals surface area contributed by atoms with Gasteiger partial charge < -0.3 is 13.4 Å². The maximum absolute atomic E-state index is 6.15. The van der Waals surface area contributed by atoms with Crippen LogP contribution in [-0.2, 0) is 8.85 Å². The van der Waals surface area contributed by atoms with Crippen molar-refractivity contribution in [3.63, 3.8) is 0 Å². The smallest absolute Gasteiger partial charge is 0.334 e. The third-order valence-corrected chi connectivity index (χ3v) is 8.49. The summed E-state index contributed by atoms with van der Waals surface area (Å²) in [6.07, 6.45) is 3.14. The number of aliphatic imine (C=N–C) groups is 1. The zero-order valence-electron chi connectivity index (χ0n) is 12.7. The molecule has 18 heavy (non-hydrogen) atoms. The molecule has 0 amide bonds. The first-order valence-corrected chi connectivity index (χ1v) is 12.8. The lowest BCUT2D eigenvalue weighted by Crippen LogP contribution is -2.52.